The minimum atomic E-state index is -3.33. The van der Waals surface area contributed by atoms with Gasteiger partial charge in [-0.05, 0) is 18.2 Å². The molecule has 1 aromatic carbocycles. The maximum atomic E-state index is 11.6. The van der Waals surface area contributed by atoms with Crippen LogP contribution in [0, 0.1) is 0 Å². The third-order valence-corrected chi connectivity index (χ3v) is 4.97. The third kappa shape index (κ3) is 3.59. The number of rotatable bonds is 4. The lowest BCUT2D eigenvalue weighted by Gasteiger charge is -2.36. The van der Waals surface area contributed by atoms with Gasteiger partial charge in [-0.25, -0.2) is 18.4 Å². The molecule has 1 fully saturated rings. The van der Waals surface area contributed by atoms with E-state index in [9.17, 15) is 8.42 Å². The van der Waals surface area contributed by atoms with E-state index in [4.69, 9.17) is 4.74 Å². The summed E-state index contributed by atoms with van der Waals surface area (Å²) in [7, 11) is -1.67. The first-order valence-corrected chi connectivity index (χ1v) is 9.53. The molecule has 1 aromatic heterocycles. The van der Waals surface area contributed by atoms with Gasteiger partial charge in [0, 0.05) is 50.4 Å². The van der Waals surface area contributed by atoms with E-state index in [1.54, 1.807) is 7.11 Å². The summed E-state index contributed by atoms with van der Waals surface area (Å²) in [6.45, 7) is 3.06. The van der Waals surface area contributed by atoms with Crippen molar-refractivity contribution in [3.05, 3.63) is 36.5 Å². The van der Waals surface area contributed by atoms with Crippen molar-refractivity contribution in [1.29, 1.82) is 0 Å². The SMILES string of the molecule is COc1cccc(N2CCN(c3nccc(S(C)(=O)=O)n3)CC2)c1. The monoisotopic (exact) mass is 348 g/mol. The predicted molar refractivity (Wildman–Crippen MR) is 92.6 cm³/mol. The van der Waals surface area contributed by atoms with Gasteiger partial charge < -0.3 is 14.5 Å². The van der Waals surface area contributed by atoms with Crippen molar-refractivity contribution in [2.24, 2.45) is 0 Å². The van der Waals surface area contributed by atoms with E-state index in [-0.39, 0.29) is 5.03 Å². The number of benzene rings is 1. The second-order valence-electron chi connectivity index (χ2n) is 5.64. The minimum Gasteiger partial charge on any atom is -0.497 e. The van der Waals surface area contributed by atoms with Gasteiger partial charge >= 0.3 is 0 Å². The van der Waals surface area contributed by atoms with Crippen molar-refractivity contribution in [2.75, 3.05) is 49.3 Å². The van der Waals surface area contributed by atoms with Crippen molar-refractivity contribution in [3.63, 3.8) is 0 Å². The summed E-state index contributed by atoms with van der Waals surface area (Å²) in [5, 5.41) is 0.0581. The van der Waals surface area contributed by atoms with Crippen molar-refractivity contribution in [1.82, 2.24) is 9.97 Å². The summed E-state index contributed by atoms with van der Waals surface area (Å²) in [4.78, 5) is 12.7. The molecule has 0 spiro atoms. The van der Waals surface area contributed by atoms with E-state index < -0.39 is 9.84 Å². The molecule has 1 saturated heterocycles. The molecule has 2 heterocycles. The molecule has 0 unspecified atom stereocenters. The van der Waals surface area contributed by atoms with Crippen molar-refractivity contribution < 1.29 is 13.2 Å². The van der Waals surface area contributed by atoms with Gasteiger partial charge in [-0.3, -0.25) is 0 Å². The number of hydrogen-bond donors (Lipinski definition) is 0. The highest BCUT2D eigenvalue weighted by molar-refractivity contribution is 7.90. The van der Waals surface area contributed by atoms with Gasteiger partial charge in [-0.1, -0.05) is 6.07 Å². The largest absolute Gasteiger partial charge is 0.497 e. The Morgan fingerprint density at radius 1 is 1.08 bits per heavy atom. The van der Waals surface area contributed by atoms with Crippen LogP contribution in [0.15, 0.2) is 41.6 Å². The molecule has 3 rings (SSSR count). The van der Waals surface area contributed by atoms with E-state index in [1.165, 1.54) is 12.3 Å². The number of methoxy groups -OCH3 is 1. The Kier molecular flexibility index (Phi) is 4.57. The smallest absolute Gasteiger partial charge is 0.226 e. The maximum Gasteiger partial charge on any atom is 0.226 e. The molecule has 0 radical (unpaired) electrons. The number of aromatic nitrogens is 2. The summed E-state index contributed by atoms with van der Waals surface area (Å²) in [5.41, 5.74) is 1.11. The Labute approximate surface area is 141 Å². The van der Waals surface area contributed by atoms with Crippen molar-refractivity contribution in [2.45, 2.75) is 5.03 Å². The van der Waals surface area contributed by atoms with E-state index in [0.717, 1.165) is 43.9 Å². The first-order valence-electron chi connectivity index (χ1n) is 7.64. The summed E-state index contributed by atoms with van der Waals surface area (Å²) in [6.07, 6.45) is 2.65. The first-order chi connectivity index (χ1) is 11.5. The topological polar surface area (TPSA) is 75.6 Å². The summed E-state index contributed by atoms with van der Waals surface area (Å²) in [6, 6.07) is 9.38. The molecule has 0 bridgehead atoms. The van der Waals surface area contributed by atoms with Gasteiger partial charge in [-0.2, -0.15) is 0 Å². The van der Waals surface area contributed by atoms with Gasteiger partial charge in [0.25, 0.3) is 0 Å². The Balaban J connectivity index is 1.71. The highest BCUT2D eigenvalue weighted by atomic mass is 32.2. The van der Waals surface area contributed by atoms with Gasteiger partial charge in [0.2, 0.25) is 5.95 Å². The molecular weight excluding hydrogens is 328 g/mol. The fourth-order valence-electron chi connectivity index (χ4n) is 2.66. The first kappa shape index (κ1) is 16.5. The Bertz CT molecular complexity index is 818. The lowest BCUT2D eigenvalue weighted by molar-refractivity contribution is 0.414. The maximum absolute atomic E-state index is 11.6. The molecule has 1 aliphatic rings. The molecule has 128 valence electrons. The number of nitrogens with zero attached hydrogens (tertiary/aromatic N) is 4. The van der Waals surface area contributed by atoms with Crippen LogP contribution in [-0.4, -0.2) is 57.9 Å². The van der Waals surface area contributed by atoms with E-state index in [0.29, 0.717) is 5.95 Å². The fraction of sp³-hybridized carbons (Fsp3) is 0.375. The van der Waals surface area contributed by atoms with Crippen LogP contribution >= 0.6 is 0 Å². The van der Waals surface area contributed by atoms with Crippen LogP contribution in [0.2, 0.25) is 0 Å². The second kappa shape index (κ2) is 6.64. The standard InChI is InChI=1S/C16H20N4O3S/c1-23-14-5-3-4-13(12-14)19-8-10-20(11-9-19)16-17-7-6-15(18-16)24(2,21)22/h3-7,12H,8-11H2,1-2H3. The molecule has 0 N–H and O–H groups in total. The summed E-state index contributed by atoms with van der Waals surface area (Å²) < 4.78 is 28.5. The van der Waals surface area contributed by atoms with Crippen LogP contribution in [0.3, 0.4) is 0 Å². The minimum absolute atomic E-state index is 0.0581. The Morgan fingerprint density at radius 2 is 1.79 bits per heavy atom. The highest BCUT2D eigenvalue weighted by Gasteiger charge is 2.21. The van der Waals surface area contributed by atoms with E-state index >= 15 is 0 Å². The molecule has 7 nitrogen and oxygen atoms in total. The number of ether oxygens (including phenoxy) is 1. The molecule has 8 heteroatoms. The van der Waals surface area contributed by atoms with Gasteiger partial charge in [0.05, 0.1) is 7.11 Å². The van der Waals surface area contributed by atoms with Crippen LogP contribution in [0.5, 0.6) is 5.75 Å². The van der Waals surface area contributed by atoms with E-state index in [2.05, 4.69) is 20.9 Å². The average Bonchev–Trinajstić information content (AvgIpc) is 2.61. The van der Waals surface area contributed by atoms with Crippen molar-refractivity contribution >= 4 is 21.5 Å². The summed E-state index contributed by atoms with van der Waals surface area (Å²) in [5.74, 6) is 1.29. The molecule has 2 aromatic rings. The number of piperazine rings is 1. The Hall–Kier alpha value is -2.35. The van der Waals surface area contributed by atoms with Crippen LogP contribution in [0.25, 0.3) is 0 Å². The number of sulfone groups is 1. The van der Waals surface area contributed by atoms with Gasteiger partial charge in [0.1, 0.15) is 5.75 Å². The third-order valence-electron chi connectivity index (χ3n) is 3.98. The predicted octanol–water partition coefficient (Wildman–Crippen LogP) is 1.22. The molecule has 24 heavy (non-hydrogen) atoms. The molecular formula is C16H20N4O3S. The lowest BCUT2D eigenvalue weighted by Crippen LogP contribution is -2.47. The van der Waals surface area contributed by atoms with Gasteiger partial charge in [0.15, 0.2) is 14.9 Å². The normalized spacial score (nSPS) is 15.4. The molecule has 0 amide bonds. The van der Waals surface area contributed by atoms with Crippen LogP contribution in [0.1, 0.15) is 0 Å². The van der Waals surface area contributed by atoms with Crippen LogP contribution in [0.4, 0.5) is 11.6 Å². The van der Waals surface area contributed by atoms with Crippen LogP contribution in [-0.2, 0) is 9.84 Å². The summed E-state index contributed by atoms with van der Waals surface area (Å²) >= 11 is 0. The quantitative estimate of drug-likeness (QED) is 0.769. The Morgan fingerprint density at radius 3 is 2.46 bits per heavy atom. The number of anilines is 2. The van der Waals surface area contributed by atoms with Crippen LogP contribution < -0.4 is 14.5 Å². The zero-order valence-electron chi connectivity index (χ0n) is 13.7. The van der Waals surface area contributed by atoms with E-state index in [1.807, 2.05) is 23.1 Å². The van der Waals surface area contributed by atoms with Crippen molar-refractivity contribution in [3.8, 4) is 5.75 Å². The second-order valence-corrected chi connectivity index (χ2v) is 7.61. The zero-order valence-corrected chi connectivity index (χ0v) is 14.5. The molecule has 0 saturated carbocycles. The number of hydrogen-bond acceptors (Lipinski definition) is 7. The fourth-order valence-corrected chi connectivity index (χ4v) is 3.22. The average molecular weight is 348 g/mol. The molecule has 0 atom stereocenters. The highest BCUT2D eigenvalue weighted by Crippen LogP contribution is 2.23. The zero-order chi connectivity index (χ0) is 17.2. The molecule has 0 aliphatic carbocycles. The van der Waals surface area contributed by atoms with Gasteiger partial charge in [-0.15, -0.1) is 0 Å². The molecule has 1 aliphatic heterocycles. The lowest BCUT2D eigenvalue weighted by atomic mass is 10.2.